The van der Waals surface area contributed by atoms with Gasteiger partial charge in [0.15, 0.2) is 5.82 Å². The van der Waals surface area contributed by atoms with Gasteiger partial charge in [-0.3, -0.25) is 4.79 Å². The monoisotopic (exact) mass is 464 g/mol. The molecule has 0 aliphatic carbocycles. The van der Waals surface area contributed by atoms with Gasteiger partial charge in [-0.05, 0) is 60.7 Å². The van der Waals surface area contributed by atoms with Gasteiger partial charge in [-0.25, -0.2) is 0 Å². The van der Waals surface area contributed by atoms with Crippen molar-refractivity contribution in [1.29, 1.82) is 0 Å². The average Bonchev–Trinajstić information content (AvgIpc) is 2.76. The van der Waals surface area contributed by atoms with Crippen molar-refractivity contribution in [2.45, 2.75) is 26.2 Å². The highest BCUT2D eigenvalue weighted by atomic mass is 79.9. The molecule has 1 saturated heterocycles. The van der Waals surface area contributed by atoms with Gasteiger partial charge < -0.3 is 10.2 Å². The van der Waals surface area contributed by atoms with Crippen molar-refractivity contribution in [2.24, 2.45) is 5.92 Å². The molecule has 1 aliphatic rings. The zero-order valence-electron chi connectivity index (χ0n) is 17.0. The molecule has 1 N–H and O–H groups in total. The topological polar surface area (TPSA) is 58.1 Å². The zero-order chi connectivity index (χ0) is 20.9. The van der Waals surface area contributed by atoms with Gasteiger partial charge in [0, 0.05) is 28.8 Å². The first-order valence-corrected chi connectivity index (χ1v) is 11.1. The molecule has 4 rings (SSSR count). The van der Waals surface area contributed by atoms with Crippen molar-refractivity contribution in [1.82, 2.24) is 10.2 Å². The summed E-state index contributed by atoms with van der Waals surface area (Å²) < 4.78 is 1.00. The lowest BCUT2D eigenvalue weighted by Crippen LogP contribution is -2.33. The molecule has 0 bridgehead atoms. The van der Waals surface area contributed by atoms with E-state index in [0.29, 0.717) is 6.42 Å². The van der Waals surface area contributed by atoms with Crippen LogP contribution in [0.3, 0.4) is 0 Å². The van der Waals surface area contributed by atoms with Gasteiger partial charge in [0.2, 0.25) is 5.91 Å². The molecule has 6 heteroatoms. The summed E-state index contributed by atoms with van der Waals surface area (Å²) >= 11 is 3.41. The summed E-state index contributed by atoms with van der Waals surface area (Å²) in [5.74, 6) is 1.68. The van der Waals surface area contributed by atoms with Crippen molar-refractivity contribution >= 4 is 33.3 Å². The van der Waals surface area contributed by atoms with E-state index in [-0.39, 0.29) is 5.91 Å². The third kappa shape index (κ3) is 5.25. The van der Waals surface area contributed by atoms with Crippen LogP contribution in [0.25, 0.3) is 11.3 Å². The molecule has 30 heavy (non-hydrogen) atoms. The molecule has 0 unspecified atom stereocenters. The highest BCUT2D eigenvalue weighted by Gasteiger charge is 2.17. The van der Waals surface area contributed by atoms with Gasteiger partial charge in [0.1, 0.15) is 0 Å². The number of amides is 1. The fraction of sp³-hybridized carbons (Fsp3) is 0.292. The summed E-state index contributed by atoms with van der Waals surface area (Å²) in [5, 5.41) is 11.8. The second-order valence-corrected chi connectivity index (χ2v) is 8.79. The van der Waals surface area contributed by atoms with E-state index in [0.717, 1.165) is 51.8 Å². The lowest BCUT2D eigenvalue weighted by Gasteiger charge is -2.30. The molecule has 1 amide bonds. The minimum Gasteiger partial charge on any atom is -0.355 e. The Morgan fingerprint density at radius 2 is 1.83 bits per heavy atom. The number of halogens is 1. The Kier molecular flexibility index (Phi) is 6.43. The van der Waals surface area contributed by atoms with Gasteiger partial charge in [-0.15, -0.1) is 10.2 Å². The molecule has 0 saturated carbocycles. The summed E-state index contributed by atoms with van der Waals surface area (Å²) in [6, 6.07) is 19.5. The molecular formula is C24H25BrN4O. The Bertz CT molecular complexity index is 996. The van der Waals surface area contributed by atoms with Gasteiger partial charge in [-0.1, -0.05) is 47.1 Å². The number of piperidine rings is 1. The molecule has 1 aliphatic heterocycles. The fourth-order valence-electron chi connectivity index (χ4n) is 3.63. The number of nitrogens with zero attached hydrogens (tertiary/aromatic N) is 3. The van der Waals surface area contributed by atoms with E-state index >= 15 is 0 Å². The van der Waals surface area contributed by atoms with Crippen LogP contribution in [0.5, 0.6) is 0 Å². The predicted octanol–water partition coefficient (Wildman–Crippen LogP) is 5.32. The molecule has 154 valence electrons. The maximum atomic E-state index is 12.4. The summed E-state index contributed by atoms with van der Waals surface area (Å²) in [6.07, 6.45) is 2.73. The van der Waals surface area contributed by atoms with Crippen molar-refractivity contribution < 1.29 is 4.79 Å². The van der Waals surface area contributed by atoms with Crippen LogP contribution in [0.15, 0.2) is 65.1 Å². The molecule has 1 aromatic heterocycles. The van der Waals surface area contributed by atoms with Crippen molar-refractivity contribution in [2.75, 3.05) is 23.3 Å². The van der Waals surface area contributed by atoms with E-state index in [2.05, 4.69) is 43.3 Å². The smallest absolute Gasteiger partial charge is 0.228 e. The predicted molar refractivity (Wildman–Crippen MR) is 125 cm³/mol. The molecular weight excluding hydrogens is 440 g/mol. The number of hydrogen-bond acceptors (Lipinski definition) is 4. The quantitative estimate of drug-likeness (QED) is 0.554. The van der Waals surface area contributed by atoms with Crippen LogP contribution in [0.4, 0.5) is 11.5 Å². The number of nitrogens with one attached hydrogen (secondary N) is 1. The van der Waals surface area contributed by atoms with Crippen LogP contribution in [0.1, 0.15) is 25.3 Å². The van der Waals surface area contributed by atoms with Crippen LogP contribution in [0.2, 0.25) is 0 Å². The lowest BCUT2D eigenvalue weighted by atomic mass is 9.99. The Morgan fingerprint density at radius 1 is 1.07 bits per heavy atom. The SMILES string of the molecule is CC1CCN(c2ccc(-c3cccc(NC(=O)Cc4ccc(Br)cc4)c3)nn2)CC1. The fourth-order valence-corrected chi connectivity index (χ4v) is 3.90. The van der Waals surface area contributed by atoms with Crippen LogP contribution in [0, 0.1) is 5.92 Å². The summed E-state index contributed by atoms with van der Waals surface area (Å²) in [7, 11) is 0. The van der Waals surface area contributed by atoms with Crippen molar-refractivity contribution in [3.05, 3.63) is 70.7 Å². The zero-order valence-corrected chi connectivity index (χ0v) is 18.6. The minimum atomic E-state index is -0.0461. The Morgan fingerprint density at radius 3 is 2.53 bits per heavy atom. The van der Waals surface area contributed by atoms with Gasteiger partial charge in [-0.2, -0.15) is 0 Å². The number of anilines is 2. The number of hydrogen-bond donors (Lipinski definition) is 1. The number of carbonyl (C=O) groups is 1. The van der Waals surface area contributed by atoms with Gasteiger partial charge >= 0.3 is 0 Å². The maximum absolute atomic E-state index is 12.4. The molecule has 5 nitrogen and oxygen atoms in total. The number of benzene rings is 2. The molecule has 0 atom stereocenters. The third-order valence-electron chi connectivity index (χ3n) is 5.48. The van der Waals surface area contributed by atoms with Gasteiger partial charge in [0.05, 0.1) is 12.1 Å². The number of rotatable bonds is 5. The van der Waals surface area contributed by atoms with E-state index in [1.54, 1.807) is 0 Å². The highest BCUT2D eigenvalue weighted by molar-refractivity contribution is 9.10. The summed E-state index contributed by atoms with van der Waals surface area (Å²) in [6.45, 7) is 4.38. The molecule has 2 aromatic carbocycles. The first kappa shape index (κ1) is 20.5. The van der Waals surface area contributed by atoms with E-state index in [1.807, 2.05) is 60.7 Å². The normalized spacial score (nSPS) is 14.5. The molecule has 2 heterocycles. The number of aromatic nitrogens is 2. The van der Waals surface area contributed by atoms with Crippen LogP contribution in [-0.4, -0.2) is 29.2 Å². The second-order valence-electron chi connectivity index (χ2n) is 7.88. The molecule has 0 radical (unpaired) electrons. The average molecular weight is 465 g/mol. The Labute approximate surface area is 185 Å². The highest BCUT2D eigenvalue weighted by Crippen LogP contribution is 2.24. The minimum absolute atomic E-state index is 0.0461. The van der Waals surface area contributed by atoms with Crippen molar-refractivity contribution in [3.63, 3.8) is 0 Å². The summed E-state index contributed by atoms with van der Waals surface area (Å²) in [5.41, 5.74) is 3.46. The van der Waals surface area contributed by atoms with Crippen LogP contribution in [-0.2, 0) is 11.2 Å². The standard InChI is InChI=1S/C24H25BrN4O/c1-17-11-13-29(14-12-17)23-10-9-22(27-28-23)19-3-2-4-21(16-19)26-24(30)15-18-5-7-20(25)8-6-18/h2-10,16-17H,11-15H2,1H3,(H,26,30). The summed E-state index contributed by atoms with van der Waals surface area (Å²) in [4.78, 5) is 14.7. The molecule has 1 fully saturated rings. The van der Waals surface area contributed by atoms with E-state index in [4.69, 9.17) is 0 Å². The van der Waals surface area contributed by atoms with Crippen LogP contribution < -0.4 is 10.2 Å². The maximum Gasteiger partial charge on any atom is 0.228 e. The van der Waals surface area contributed by atoms with E-state index in [9.17, 15) is 4.79 Å². The van der Waals surface area contributed by atoms with E-state index < -0.39 is 0 Å². The van der Waals surface area contributed by atoms with Crippen LogP contribution >= 0.6 is 15.9 Å². The van der Waals surface area contributed by atoms with Crippen molar-refractivity contribution in [3.8, 4) is 11.3 Å². The second kappa shape index (κ2) is 9.39. The van der Waals surface area contributed by atoms with Gasteiger partial charge in [0.25, 0.3) is 0 Å². The number of carbonyl (C=O) groups excluding carboxylic acids is 1. The first-order chi connectivity index (χ1) is 14.6. The molecule has 3 aromatic rings. The largest absolute Gasteiger partial charge is 0.355 e. The lowest BCUT2D eigenvalue weighted by molar-refractivity contribution is -0.115. The Hall–Kier alpha value is -2.73. The van der Waals surface area contributed by atoms with E-state index in [1.165, 1.54) is 12.8 Å². The third-order valence-corrected chi connectivity index (χ3v) is 6.01. The first-order valence-electron chi connectivity index (χ1n) is 10.3. The molecule has 0 spiro atoms. The Balaban J connectivity index is 1.41.